The zero-order valence-electron chi connectivity index (χ0n) is 18.5. The summed E-state index contributed by atoms with van der Waals surface area (Å²) in [6.45, 7) is 0.208. The maximum absolute atomic E-state index is 11.8. The van der Waals surface area contributed by atoms with E-state index in [1.54, 1.807) is 12.1 Å². The number of primary sulfonamides is 1. The Morgan fingerprint density at radius 2 is 1.55 bits per heavy atom. The topological polar surface area (TPSA) is 153 Å². The van der Waals surface area contributed by atoms with E-state index >= 15 is 0 Å². The molecule has 1 saturated heterocycles. The Hall–Kier alpha value is -2.34. The molecule has 6 N–H and O–H groups in total. The Morgan fingerprint density at radius 3 is 2.06 bits per heavy atom. The number of carbonyl (C=O) groups is 1. The van der Waals surface area contributed by atoms with E-state index in [-0.39, 0.29) is 23.8 Å². The maximum atomic E-state index is 11.8. The molecule has 0 radical (unpaired) electrons. The molecule has 4 atom stereocenters. The molecule has 1 heterocycles. The van der Waals surface area contributed by atoms with Crippen LogP contribution in [0.4, 0.5) is 0 Å². The Labute approximate surface area is 193 Å². The smallest absolute Gasteiger partial charge is 0.238 e. The number of nitrogens with two attached hydrogens (primary N) is 1. The highest BCUT2D eigenvalue weighted by Crippen LogP contribution is 2.28. The normalized spacial score (nSPS) is 23.5. The van der Waals surface area contributed by atoms with Gasteiger partial charge in [0, 0.05) is 19.5 Å². The van der Waals surface area contributed by atoms with Crippen LogP contribution in [-0.2, 0) is 21.2 Å². The number of aliphatic hydroxyl groups excluding tert-OH is 3. The summed E-state index contributed by atoms with van der Waals surface area (Å²) in [6.07, 6.45) is -0.714. The Kier molecular flexibility index (Phi) is 8.22. The van der Waals surface area contributed by atoms with Crippen molar-refractivity contribution in [3.05, 3.63) is 54.1 Å². The third kappa shape index (κ3) is 5.97. The number of benzene rings is 2. The van der Waals surface area contributed by atoms with Crippen LogP contribution >= 0.6 is 0 Å². The molecule has 1 aliphatic rings. The van der Waals surface area contributed by atoms with Gasteiger partial charge in [-0.3, -0.25) is 9.69 Å². The first-order valence-electron chi connectivity index (χ1n) is 10.8. The highest BCUT2D eigenvalue weighted by atomic mass is 32.2. The Morgan fingerprint density at radius 1 is 1.00 bits per heavy atom. The zero-order valence-corrected chi connectivity index (χ0v) is 19.3. The second kappa shape index (κ2) is 10.7. The summed E-state index contributed by atoms with van der Waals surface area (Å²) in [5, 5.41) is 38.0. The number of hydrogen-bond donors (Lipinski definition) is 5. The Bertz CT molecular complexity index is 1040. The molecular formula is C23H31N3O6S. The lowest BCUT2D eigenvalue weighted by molar-refractivity contribution is -0.122. The number of aliphatic hydroxyl groups is 3. The van der Waals surface area contributed by atoms with Crippen molar-refractivity contribution in [3.8, 4) is 11.1 Å². The third-order valence-electron chi connectivity index (χ3n) is 6.20. The van der Waals surface area contributed by atoms with E-state index in [0.717, 1.165) is 23.1 Å². The van der Waals surface area contributed by atoms with Crippen molar-refractivity contribution >= 4 is 15.9 Å². The molecule has 0 aromatic heterocycles. The minimum atomic E-state index is -3.72. The van der Waals surface area contributed by atoms with E-state index in [1.165, 1.54) is 19.2 Å². The van der Waals surface area contributed by atoms with Crippen molar-refractivity contribution in [3.63, 3.8) is 0 Å². The molecule has 4 unspecified atom stereocenters. The van der Waals surface area contributed by atoms with Crippen LogP contribution in [0, 0.1) is 0 Å². The first kappa shape index (κ1) is 25.3. The predicted molar refractivity (Wildman–Crippen MR) is 124 cm³/mol. The lowest BCUT2D eigenvalue weighted by Crippen LogP contribution is -2.44. The van der Waals surface area contributed by atoms with E-state index in [2.05, 4.69) is 5.32 Å². The van der Waals surface area contributed by atoms with Crippen LogP contribution in [0.2, 0.25) is 0 Å². The molecule has 2 aromatic rings. The van der Waals surface area contributed by atoms with Crippen molar-refractivity contribution in [2.24, 2.45) is 5.14 Å². The summed E-state index contributed by atoms with van der Waals surface area (Å²) in [4.78, 5) is 13.7. The maximum Gasteiger partial charge on any atom is 0.238 e. The largest absolute Gasteiger partial charge is 0.395 e. The fourth-order valence-corrected chi connectivity index (χ4v) is 4.85. The first-order valence-corrected chi connectivity index (χ1v) is 12.4. The molecule has 1 fully saturated rings. The average molecular weight is 478 g/mol. The summed E-state index contributed by atoms with van der Waals surface area (Å²) in [5.74, 6) is -0.234. The molecule has 33 heavy (non-hydrogen) atoms. The second-order valence-electron chi connectivity index (χ2n) is 8.28. The van der Waals surface area contributed by atoms with Gasteiger partial charge in [0.1, 0.15) is 0 Å². The van der Waals surface area contributed by atoms with Gasteiger partial charge < -0.3 is 20.6 Å². The van der Waals surface area contributed by atoms with Crippen molar-refractivity contribution in [1.82, 2.24) is 10.2 Å². The minimum Gasteiger partial charge on any atom is -0.395 e. The average Bonchev–Trinajstić information content (AvgIpc) is 3.02. The van der Waals surface area contributed by atoms with Crippen molar-refractivity contribution in [1.29, 1.82) is 0 Å². The van der Waals surface area contributed by atoms with Crippen LogP contribution < -0.4 is 10.5 Å². The molecule has 0 spiro atoms. The van der Waals surface area contributed by atoms with Gasteiger partial charge in [-0.25, -0.2) is 13.6 Å². The Balaban J connectivity index is 1.62. The number of carbonyl (C=O) groups excluding carboxylic acids is 1. The number of likely N-dealkylation sites (tertiary alicyclic amines) is 1. The van der Waals surface area contributed by atoms with Gasteiger partial charge >= 0.3 is 0 Å². The summed E-state index contributed by atoms with van der Waals surface area (Å²) >= 11 is 0. The van der Waals surface area contributed by atoms with Crippen LogP contribution in [0.25, 0.3) is 11.1 Å². The monoisotopic (exact) mass is 477 g/mol. The fraction of sp³-hybridized carbons (Fsp3) is 0.435. The lowest BCUT2D eigenvalue weighted by Gasteiger charge is -2.29. The minimum absolute atomic E-state index is 0.0458. The van der Waals surface area contributed by atoms with Gasteiger partial charge in [0.25, 0.3) is 0 Å². The fourth-order valence-electron chi connectivity index (χ4n) is 4.33. The molecule has 1 aliphatic heterocycles. The SMILES string of the molecule is CNC(=O)CC1C(O)C(O)C(CO)N1CCCc1ccc(-c2ccc(S(N)(=O)=O)cc2)cc1. The molecule has 10 heteroatoms. The number of nitrogens with zero attached hydrogens (tertiary/aromatic N) is 1. The van der Waals surface area contributed by atoms with Gasteiger partial charge in [-0.15, -0.1) is 0 Å². The number of aryl methyl sites for hydroxylation is 1. The number of amides is 1. The summed E-state index contributed by atoms with van der Waals surface area (Å²) < 4.78 is 22.8. The highest BCUT2D eigenvalue weighted by molar-refractivity contribution is 7.89. The molecule has 1 amide bonds. The quantitative estimate of drug-likeness (QED) is 0.336. The second-order valence-corrected chi connectivity index (χ2v) is 9.84. The van der Waals surface area contributed by atoms with Gasteiger partial charge in [0.2, 0.25) is 15.9 Å². The van der Waals surface area contributed by atoms with E-state index in [9.17, 15) is 28.5 Å². The molecule has 180 valence electrons. The standard InChI is InChI=1S/C23H31N3O6S/c1-25-21(28)13-19-22(29)23(30)20(14-27)26(19)12-2-3-15-4-6-16(7-5-15)17-8-10-18(11-9-17)33(24,31)32/h4-11,19-20,22-23,27,29-30H,2-3,12-14H2,1H3,(H,25,28)(H2,24,31,32). The summed E-state index contributed by atoms with van der Waals surface area (Å²) in [5.41, 5.74) is 2.90. The van der Waals surface area contributed by atoms with Crippen LogP contribution in [0.3, 0.4) is 0 Å². The van der Waals surface area contributed by atoms with Crippen LogP contribution in [0.15, 0.2) is 53.4 Å². The van der Waals surface area contributed by atoms with Gasteiger partial charge in [-0.05, 0) is 48.2 Å². The molecule has 0 saturated carbocycles. The number of hydrogen-bond acceptors (Lipinski definition) is 7. The number of sulfonamides is 1. The van der Waals surface area contributed by atoms with E-state index < -0.39 is 34.3 Å². The molecular weight excluding hydrogens is 446 g/mol. The van der Waals surface area contributed by atoms with Crippen molar-refractivity contribution in [2.45, 2.75) is 48.4 Å². The van der Waals surface area contributed by atoms with Gasteiger partial charge in [0.15, 0.2) is 0 Å². The van der Waals surface area contributed by atoms with Crippen LogP contribution in [-0.4, -0.2) is 79.0 Å². The van der Waals surface area contributed by atoms with E-state index in [4.69, 9.17) is 5.14 Å². The van der Waals surface area contributed by atoms with Crippen molar-refractivity contribution in [2.75, 3.05) is 20.2 Å². The van der Waals surface area contributed by atoms with Crippen LogP contribution in [0.1, 0.15) is 18.4 Å². The summed E-state index contributed by atoms with van der Waals surface area (Å²) in [6, 6.07) is 13.1. The summed E-state index contributed by atoms with van der Waals surface area (Å²) in [7, 11) is -2.20. The number of rotatable bonds is 9. The predicted octanol–water partition coefficient (Wildman–Crippen LogP) is -0.163. The molecule has 3 rings (SSSR count). The molecule has 0 aliphatic carbocycles. The van der Waals surface area contributed by atoms with Gasteiger partial charge in [-0.2, -0.15) is 0 Å². The van der Waals surface area contributed by atoms with Gasteiger partial charge in [0.05, 0.1) is 29.8 Å². The van der Waals surface area contributed by atoms with Crippen molar-refractivity contribution < 1.29 is 28.5 Å². The van der Waals surface area contributed by atoms with Gasteiger partial charge in [-0.1, -0.05) is 36.4 Å². The van der Waals surface area contributed by atoms with E-state index in [0.29, 0.717) is 13.0 Å². The number of nitrogens with one attached hydrogen (secondary N) is 1. The van der Waals surface area contributed by atoms with E-state index in [1.807, 2.05) is 29.2 Å². The third-order valence-corrected chi connectivity index (χ3v) is 7.13. The van der Waals surface area contributed by atoms with Crippen LogP contribution in [0.5, 0.6) is 0 Å². The highest BCUT2D eigenvalue weighted by Gasteiger charge is 2.47. The molecule has 2 aromatic carbocycles. The molecule has 9 nitrogen and oxygen atoms in total. The molecule has 0 bridgehead atoms. The lowest BCUT2D eigenvalue weighted by atomic mass is 10.0. The zero-order chi connectivity index (χ0) is 24.2. The first-order chi connectivity index (χ1) is 15.7.